The van der Waals surface area contributed by atoms with Gasteiger partial charge in [-0.15, -0.1) is 0 Å². The number of carboxylic acids is 1. The maximum atomic E-state index is 12.0. The van der Waals surface area contributed by atoms with E-state index >= 15 is 0 Å². The number of ether oxygens (including phenoxy) is 1. The lowest BCUT2D eigenvalue weighted by Crippen LogP contribution is -2.24. The van der Waals surface area contributed by atoms with Gasteiger partial charge in [0.2, 0.25) is 0 Å². The van der Waals surface area contributed by atoms with Crippen molar-refractivity contribution >= 4 is 11.9 Å². The lowest BCUT2D eigenvalue weighted by atomic mass is 10.2. The van der Waals surface area contributed by atoms with E-state index in [-0.39, 0.29) is 18.1 Å². The molecule has 0 aliphatic rings. The number of aliphatic carboxylic acids is 1. The molecule has 0 spiro atoms. The van der Waals surface area contributed by atoms with Gasteiger partial charge in [0, 0.05) is 18.1 Å². The highest BCUT2D eigenvalue weighted by atomic mass is 19.3. The molecular formula is C14H16F2NO4-. The van der Waals surface area contributed by atoms with Crippen LogP contribution in [0.1, 0.15) is 36.0 Å². The van der Waals surface area contributed by atoms with Crippen LogP contribution in [0.3, 0.4) is 0 Å². The second kappa shape index (κ2) is 8.89. The fraction of sp³-hybridized carbons (Fsp3) is 0.429. The average molecular weight is 300 g/mol. The van der Waals surface area contributed by atoms with Crippen LogP contribution in [0.15, 0.2) is 24.3 Å². The Morgan fingerprint density at radius 3 is 2.38 bits per heavy atom. The van der Waals surface area contributed by atoms with Crippen LogP contribution in [0.4, 0.5) is 8.78 Å². The van der Waals surface area contributed by atoms with Crippen LogP contribution in [-0.4, -0.2) is 25.0 Å². The van der Waals surface area contributed by atoms with Crippen molar-refractivity contribution in [3.8, 4) is 5.75 Å². The number of benzene rings is 1. The molecule has 0 bridgehead atoms. The molecule has 7 heteroatoms. The Labute approximate surface area is 120 Å². The van der Waals surface area contributed by atoms with E-state index in [1.165, 1.54) is 24.3 Å². The first kappa shape index (κ1) is 16.9. The SMILES string of the molecule is O=C([O-])CCCCCNC(=O)c1ccc(OC(F)F)cc1. The molecule has 0 aliphatic carbocycles. The Morgan fingerprint density at radius 2 is 1.81 bits per heavy atom. The van der Waals surface area contributed by atoms with Gasteiger partial charge >= 0.3 is 6.61 Å². The smallest absolute Gasteiger partial charge is 0.387 e. The highest BCUT2D eigenvalue weighted by molar-refractivity contribution is 5.94. The summed E-state index contributed by atoms with van der Waals surface area (Å²) in [6.45, 7) is -2.48. The van der Waals surface area contributed by atoms with Crippen LogP contribution >= 0.6 is 0 Å². The number of hydrogen-bond acceptors (Lipinski definition) is 4. The average Bonchev–Trinajstić information content (AvgIpc) is 2.42. The van der Waals surface area contributed by atoms with E-state index in [1.54, 1.807) is 0 Å². The molecule has 1 rings (SSSR count). The molecule has 1 aromatic rings. The fourth-order valence-electron chi connectivity index (χ4n) is 1.66. The van der Waals surface area contributed by atoms with E-state index in [2.05, 4.69) is 10.1 Å². The molecule has 0 radical (unpaired) electrons. The third kappa shape index (κ3) is 7.24. The minimum absolute atomic E-state index is 0.0103. The van der Waals surface area contributed by atoms with Gasteiger partial charge in [0.05, 0.1) is 0 Å². The van der Waals surface area contributed by atoms with Gasteiger partial charge in [-0.25, -0.2) is 0 Å². The van der Waals surface area contributed by atoms with Gasteiger partial charge in [-0.05, 0) is 43.5 Å². The molecule has 0 unspecified atom stereocenters. The quantitative estimate of drug-likeness (QED) is 0.698. The fourth-order valence-corrected chi connectivity index (χ4v) is 1.66. The number of halogens is 2. The molecular weight excluding hydrogens is 284 g/mol. The monoisotopic (exact) mass is 300 g/mol. The second-order valence-electron chi connectivity index (χ2n) is 4.34. The molecule has 116 valence electrons. The highest BCUT2D eigenvalue weighted by Crippen LogP contribution is 2.14. The van der Waals surface area contributed by atoms with Gasteiger partial charge in [-0.1, -0.05) is 6.42 Å². The summed E-state index contributed by atoms with van der Waals surface area (Å²) in [5.41, 5.74) is 0.339. The predicted molar refractivity (Wildman–Crippen MR) is 68.9 cm³/mol. The first-order chi connectivity index (χ1) is 9.99. The summed E-state index contributed by atoms with van der Waals surface area (Å²) in [4.78, 5) is 21.9. The number of rotatable bonds is 9. The molecule has 0 saturated carbocycles. The van der Waals surface area contributed by atoms with E-state index in [0.717, 1.165) is 0 Å². The Bertz CT molecular complexity index is 463. The summed E-state index contributed by atoms with van der Waals surface area (Å²) in [6.07, 6.45) is 1.86. The Kier molecular flexibility index (Phi) is 7.14. The van der Waals surface area contributed by atoms with Crippen molar-refractivity contribution in [1.82, 2.24) is 5.32 Å². The third-order valence-electron chi connectivity index (χ3n) is 2.68. The van der Waals surface area contributed by atoms with Crippen molar-refractivity contribution in [3.05, 3.63) is 29.8 Å². The summed E-state index contributed by atoms with van der Waals surface area (Å²) in [5, 5.41) is 12.8. The van der Waals surface area contributed by atoms with Crippen LogP contribution in [0.25, 0.3) is 0 Å². The zero-order valence-corrected chi connectivity index (χ0v) is 11.3. The van der Waals surface area contributed by atoms with Crippen molar-refractivity contribution < 1.29 is 28.2 Å². The number of carbonyl (C=O) groups excluding carboxylic acids is 2. The molecule has 0 aliphatic heterocycles. The molecule has 0 heterocycles. The normalized spacial score (nSPS) is 10.4. The van der Waals surface area contributed by atoms with Gasteiger partial charge in [0.1, 0.15) is 5.75 Å². The Morgan fingerprint density at radius 1 is 1.14 bits per heavy atom. The van der Waals surface area contributed by atoms with Crippen molar-refractivity contribution in [1.29, 1.82) is 0 Å². The van der Waals surface area contributed by atoms with Crippen molar-refractivity contribution in [2.24, 2.45) is 0 Å². The van der Waals surface area contributed by atoms with Gasteiger partial charge in [-0.2, -0.15) is 8.78 Å². The Balaban J connectivity index is 2.27. The van der Waals surface area contributed by atoms with E-state index in [9.17, 15) is 23.5 Å². The summed E-state index contributed by atoms with van der Waals surface area (Å²) in [7, 11) is 0. The first-order valence-corrected chi connectivity index (χ1v) is 6.52. The summed E-state index contributed by atoms with van der Waals surface area (Å²) >= 11 is 0. The second-order valence-corrected chi connectivity index (χ2v) is 4.34. The summed E-state index contributed by atoms with van der Waals surface area (Å²) < 4.78 is 28.1. The molecule has 1 N–H and O–H groups in total. The van der Waals surface area contributed by atoms with Crippen LogP contribution < -0.4 is 15.2 Å². The van der Waals surface area contributed by atoms with Gasteiger partial charge < -0.3 is 20.0 Å². The lowest BCUT2D eigenvalue weighted by Gasteiger charge is -2.07. The number of unbranched alkanes of at least 4 members (excludes halogenated alkanes) is 2. The maximum Gasteiger partial charge on any atom is 0.387 e. The van der Waals surface area contributed by atoms with Crippen LogP contribution in [-0.2, 0) is 4.79 Å². The minimum atomic E-state index is -2.90. The highest BCUT2D eigenvalue weighted by Gasteiger charge is 2.07. The number of carbonyl (C=O) groups is 2. The Hall–Kier alpha value is -2.18. The topological polar surface area (TPSA) is 78.5 Å². The van der Waals surface area contributed by atoms with E-state index in [1.807, 2.05) is 0 Å². The maximum absolute atomic E-state index is 12.0. The van der Waals surface area contributed by atoms with Gasteiger partial charge in [0.25, 0.3) is 5.91 Å². The molecule has 0 fully saturated rings. The number of alkyl halides is 2. The summed E-state index contributed by atoms with van der Waals surface area (Å²) in [6, 6.07) is 5.37. The number of nitrogens with one attached hydrogen (secondary N) is 1. The molecule has 1 amide bonds. The van der Waals surface area contributed by atoms with E-state index in [4.69, 9.17) is 0 Å². The summed E-state index contributed by atoms with van der Waals surface area (Å²) in [5.74, 6) is -1.41. The van der Waals surface area contributed by atoms with Crippen LogP contribution in [0.5, 0.6) is 5.75 Å². The minimum Gasteiger partial charge on any atom is -0.550 e. The number of carboxylic acid groups (broad SMARTS) is 1. The predicted octanol–water partition coefficient (Wildman–Crippen LogP) is 1.33. The molecule has 0 saturated heterocycles. The first-order valence-electron chi connectivity index (χ1n) is 6.52. The van der Waals surface area contributed by atoms with Gasteiger partial charge in [0.15, 0.2) is 0 Å². The van der Waals surface area contributed by atoms with Crippen molar-refractivity contribution in [3.63, 3.8) is 0 Å². The number of hydrogen-bond donors (Lipinski definition) is 1. The van der Waals surface area contributed by atoms with E-state index < -0.39 is 12.6 Å². The largest absolute Gasteiger partial charge is 0.550 e. The van der Waals surface area contributed by atoms with E-state index in [0.29, 0.717) is 31.4 Å². The molecule has 0 atom stereocenters. The lowest BCUT2D eigenvalue weighted by molar-refractivity contribution is -0.305. The standard InChI is InChI=1S/C14H17F2NO4/c15-14(16)21-11-7-5-10(6-8-11)13(20)17-9-3-1-2-4-12(18)19/h5-8,14H,1-4,9H2,(H,17,20)(H,18,19)/p-1. The molecule has 1 aromatic carbocycles. The molecule has 5 nitrogen and oxygen atoms in total. The zero-order valence-electron chi connectivity index (χ0n) is 11.3. The van der Waals surface area contributed by atoms with Crippen molar-refractivity contribution in [2.75, 3.05) is 6.54 Å². The third-order valence-corrected chi connectivity index (χ3v) is 2.68. The van der Waals surface area contributed by atoms with Crippen molar-refractivity contribution in [2.45, 2.75) is 32.3 Å². The zero-order chi connectivity index (χ0) is 15.7. The number of amides is 1. The van der Waals surface area contributed by atoms with Crippen LogP contribution in [0.2, 0.25) is 0 Å². The molecule has 0 aromatic heterocycles. The molecule has 21 heavy (non-hydrogen) atoms. The van der Waals surface area contributed by atoms with Crippen LogP contribution in [0, 0.1) is 0 Å². The van der Waals surface area contributed by atoms with Gasteiger partial charge in [-0.3, -0.25) is 4.79 Å².